The number of rotatable bonds is 6. The number of hydrogen-bond donors (Lipinski definition) is 1. The normalized spacial score (nSPS) is 11.4. The first-order valence-corrected chi connectivity index (χ1v) is 9.94. The number of nitrogens with one attached hydrogen (secondary N) is 1. The molecular formula is C22H19F3N2O2S. The zero-order valence-corrected chi connectivity index (χ0v) is 17.2. The maximum absolute atomic E-state index is 13.6. The molecule has 0 atom stereocenters. The Labute approximate surface area is 176 Å². The van der Waals surface area contributed by atoms with Crippen LogP contribution in [0.5, 0.6) is 0 Å². The van der Waals surface area contributed by atoms with Crippen molar-refractivity contribution < 1.29 is 22.7 Å². The second-order valence-corrected chi connectivity index (χ2v) is 7.60. The van der Waals surface area contributed by atoms with Crippen LogP contribution < -0.4 is 0 Å². The summed E-state index contributed by atoms with van der Waals surface area (Å²) in [5.74, 6) is -0.215. The highest BCUT2D eigenvalue weighted by Gasteiger charge is 2.38. The Morgan fingerprint density at radius 1 is 1.07 bits per heavy atom. The first-order chi connectivity index (χ1) is 14.2. The number of nitrogens with zero attached hydrogens (tertiary/aromatic N) is 1. The fourth-order valence-electron chi connectivity index (χ4n) is 2.85. The SMILES string of the molecule is C=C(C)c1ccc(-c2c(-c3ccc(SCOC(C)=O)cc3)n[nH]c2C(F)(F)F)cc1. The van der Waals surface area contributed by atoms with E-state index in [1.807, 2.05) is 6.92 Å². The molecule has 30 heavy (non-hydrogen) atoms. The fourth-order valence-corrected chi connectivity index (χ4v) is 3.54. The Balaban J connectivity index is 1.98. The molecule has 4 nitrogen and oxygen atoms in total. The van der Waals surface area contributed by atoms with Gasteiger partial charge in [-0.15, -0.1) is 0 Å². The van der Waals surface area contributed by atoms with E-state index in [0.29, 0.717) is 11.1 Å². The molecule has 0 aliphatic heterocycles. The van der Waals surface area contributed by atoms with Gasteiger partial charge in [0.25, 0.3) is 0 Å². The molecule has 0 amide bonds. The minimum Gasteiger partial charge on any atom is -0.454 e. The molecule has 0 radical (unpaired) electrons. The zero-order valence-electron chi connectivity index (χ0n) is 16.3. The van der Waals surface area contributed by atoms with Crippen molar-refractivity contribution in [3.8, 4) is 22.4 Å². The number of allylic oxidation sites excluding steroid dienone is 1. The lowest BCUT2D eigenvalue weighted by Crippen LogP contribution is -2.07. The molecular weight excluding hydrogens is 413 g/mol. The van der Waals surface area contributed by atoms with Crippen molar-refractivity contribution in [2.75, 3.05) is 5.94 Å². The van der Waals surface area contributed by atoms with Crippen LogP contribution in [-0.4, -0.2) is 22.1 Å². The van der Waals surface area contributed by atoms with Gasteiger partial charge < -0.3 is 4.74 Å². The molecule has 0 bridgehead atoms. The van der Waals surface area contributed by atoms with Crippen LogP contribution in [0.4, 0.5) is 13.2 Å². The summed E-state index contributed by atoms with van der Waals surface area (Å²) in [6.45, 7) is 7.01. The highest BCUT2D eigenvalue weighted by atomic mass is 32.2. The molecule has 1 heterocycles. The van der Waals surface area contributed by atoms with Crippen molar-refractivity contribution in [1.29, 1.82) is 0 Å². The summed E-state index contributed by atoms with van der Waals surface area (Å²) in [6, 6.07) is 13.6. The Hall–Kier alpha value is -3.00. The summed E-state index contributed by atoms with van der Waals surface area (Å²) in [7, 11) is 0. The second-order valence-electron chi connectivity index (χ2n) is 6.60. The molecule has 0 saturated carbocycles. The van der Waals surface area contributed by atoms with Gasteiger partial charge in [0.05, 0.1) is 0 Å². The van der Waals surface area contributed by atoms with E-state index < -0.39 is 11.9 Å². The van der Waals surface area contributed by atoms with Gasteiger partial charge in [0.2, 0.25) is 0 Å². The summed E-state index contributed by atoms with van der Waals surface area (Å²) in [6.07, 6.45) is -4.58. The summed E-state index contributed by atoms with van der Waals surface area (Å²) in [5, 5.41) is 6.12. The van der Waals surface area contributed by atoms with Crippen LogP contribution in [0.15, 0.2) is 60.0 Å². The van der Waals surface area contributed by atoms with E-state index in [4.69, 9.17) is 4.74 Å². The van der Waals surface area contributed by atoms with Crippen molar-refractivity contribution in [2.24, 2.45) is 0 Å². The highest BCUT2D eigenvalue weighted by Crippen LogP contribution is 2.41. The molecule has 0 spiro atoms. The lowest BCUT2D eigenvalue weighted by atomic mass is 9.97. The average Bonchev–Trinajstić information content (AvgIpc) is 3.14. The number of halogens is 3. The number of hydrogen-bond acceptors (Lipinski definition) is 4. The van der Waals surface area contributed by atoms with E-state index in [1.165, 1.54) is 18.7 Å². The standard InChI is InChI=1S/C22H19F3N2O2S/c1-13(2)15-4-6-16(7-5-15)19-20(26-27-21(19)22(23,24)25)17-8-10-18(11-9-17)30-12-29-14(3)28/h4-11H,1,12H2,2-3H3,(H,26,27). The molecule has 8 heteroatoms. The Morgan fingerprint density at radius 2 is 1.67 bits per heavy atom. The minimum atomic E-state index is -4.58. The summed E-state index contributed by atoms with van der Waals surface area (Å²) in [5.41, 5.74) is 1.94. The first kappa shape index (κ1) is 21.7. The quantitative estimate of drug-likeness (QED) is 0.278. The van der Waals surface area contributed by atoms with Gasteiger partial charge in [-0.2, -0.15) is 18.3 Å². The van der Waals surface area contributed by atoms with Gasteiger partial charge in [-0.25, -0.2) is 0 Å². The van der Waals surface area contributed by atoms with E-state index >= 15 is 0 Å². The van der Waals surface area contributed by atoms with E-state index in [0.717, 1.165) is 16.0 Å². The summed E-state index contributed by atoms with van der Waals surface area (Å²) in [4.78, 5) is 11.7. The third-order valence-corrected chi connectivity index (χ3v) is 5.17. The van der Waals surface area contributed by atoms with Crippen LogP contribution >= 0.6 is 11.8 Å². The number of ether oxygens (including phenoxy) is 1. The number of benzene rings is 2. The van der Waals surface area contributed by atoms with Crippen LogP contribution in [0.2, 0.25) is 0 Å². The lowest BCUT2D eigenvalue weighted by Gasteiger charge is -2.10. The topological polar surface area (TPSA) is 55.0 Å². The molecule has 1 aromatic heterocycles. The van der Waals surface area contributed by atoms with Crippen LogP contribution in [0.25, 0.3) is 28.0 Å². The molecule has 3 rings (SSSR count). The van der Waals surface area contributed by atoms with Gasteiger partial charge in [-0.3, -0.25) is 9.89 Å². The highest BCUT2D eigenvalue weighted by molar-refractivity contribution is 7.99. The van der Waals surface area contributed by atoms with Crippen LogP contribution in [0.3, 0.4) is 0 Å². The average molecular weight is 432 g/mol. The molecule has 2 aromatic carbocycles. The maximum atomic E-state index is 13.6. The predicted octanol–water partition coefficient (Wildman–Crippen LogP) is 6.41. The molecule has 3 aromatic rings. The van der Waals surface area contributed by atoms with Gasteiger partial charge >= 0.3 is 12.1 Å². The summed E-state index contributed by atoms with van der Waals surface area (Å²) < 4.78 is 45.7. The maximum Gasteiger partial charge on any atom is 0.433 e. The Kier molecular flexibility index (Phi) is 6.36. The molecule has 0 fully saturated rings. The minimum absolute atomic E-state index is 0.00363. The molecule has 0 aliphatic carbocycles. The van der Waals surface area contributed by atoms with Crippen molar-refractivity contribution in [3.05, 3.63) is 66.4 Å². The number of H-pyrrole nitrogens is 1. The number of thioether (sulfide) groups is 1. The van der Waals surface area contributed by atoms with Crippen LogP contribution in [0.1, 0.15) is 25.1 Å². The van der Waals surface area contributed by atoms with Gasteiger partial charge in [-0.1, -0.05) is 60.3 Å². The van der Waals surface area contributed by atoms with Gasteiger partial charge in [0, 0.05) is 22.9 Å². The largest absolute Gasteiger partial charge is 0.454 e. The molecule has 0 unspecified atom stereocenters. The van der Waals surface area contributed by atoms with Crippen molar-refractivity contribution in [1.82, 2.24) is 10.2 Å². The molecule has 0 saturated heterocycles. The first-order valence-electron chi connectivity index (χ1n) is 8.95. The lowest BCUT2D eigenvalue weighted by molar-refractivity contribution is -0.141. The molecule has 156 valence electrons. The van der Waals surface area contributed by atoms with Gasteiger partial charge in [0.15, 0.2) is 0 Å². The smallest absolute Gasteiger partial charge is 0.433 e. The number of carbonyl (C=O) groups is 1. The van der Waals surface area contributed by atoms with E-state index in [2.05, 4.69) is 16.8 Å². The monoisotopic (exact) mass is 432 g/mol. The number of esters is 1. The Bertz CT molecular complexity index is 1060. The second kappa shape index (κ2) is 8.79. The van der Waals surface area contributed by atoms with Crippen molar-refractivity contribution in [2.45, 2.75) is 24.9 Å². The van der Waals surface area contributed by atoms with E-state index in [9.17, 15) is 18.0 Å². The van der Waals surface area contributed by atoms with Gasteiger partial charge in [0.1, 0.15) is 17.3 Å². The Morgan fingerprint density at radius 3 is 2.20 bits per heavy atom. The predicted molar refractivity (Wildman–Crippen MR) is 112 cm³/mol. The van der Waals surface area contributed by atoms with Crippen molar-refractivity contribution in [3.63, 3.8) is 0 Å². The third kappa shape index (κ3) is 4.94. The third-order valence-electron chi connectivity index (χ3n) is 4.33. The fraction of sp³-hybridized carbons (Fsp3) is 0.182. The van der Waals surface area contributed by atoms with E-state index in [-0.39, 0.29) is 23.2 Å². The number of alkyl halides is 3. The zero-order chi connectivity index (χ0) is 21.9. The number of aromatic nitrogens is 2. The van der Waals surface area contributed by atoms with Gasteiger partial charge in [-0.05, 0) is 30.2 Å². The molecule has 0 aliphatic rings. The summed E-state index contributed by atoms with van der Waals surface area (Å²) >= 11 is 1.31. The molecule has 1 N–H and O–H groups in total. The van der Waals surface area contributed by atoms with E-state index in [1.54, 1.807) is 48.5 Å². The van der Waals surface area contributed by atoms with Crippen LogP contribution in [-0.2, 0) is 15.7 Å². The van der Waals surface area contributed by atoms with Crippen molar-refractivity contribution >= 4 is 23.3 Å². The number of aromatic amines is 1. The van der Waals surface area contributed by atoms with Crippen LogP contribution in [0, 0.1) is 0 Å². The number of carbonyl (C=O) groups excluding carboxylic acids is 1.